The van der Waals surface area contributed by atoms with Crippen LogP contribution in [0.2, 0.25) is 0 Å². The van der Waals surface area contributed by atoms with Gasteiger partial charge >= 0.3 is 6.11 Å². The molecule has 0 atom stereocenters. The Hall–Kier alpha value is -2.15. The van der Waals surface area contributed by atoms with Gasteiger partial charge in [-0.25, -0.2) is 8.78 Å². The Morgan fingerprint density at radius 1 is 1.00 bits per heavy atom. The second-order valence-corrected chi connectivity index (χ2v) is 4.15. The lowest BCUT2D eigenvalue weighted by molar-refractivity contribution is -0.253. The standard InChI is InChI=1S/C14H8F5O2/c15-10-6-9(14(18,19)20)13(12(17)11(10)16)21-7-8-4-2-1-3-5-8/h1-6H,7H2. The summed E-state index contributed by atoms with van der Waals surface area (Å²) in [5, 5.41) is 10.7. The molecular weight excluding hydrogens is 295 g/mol. The van der Waals surface area contributed by atoms with Crippen LogP contribution in [0.1, 0.15) is 11.1 Å². The highest BCUT2D eigenvalue weighted by atomic mass is 19.3. The van der Waals surface area contributed by atoms with Crippen molar-refractivity contribution in [3.05, 3.63) is 65.0 Å². The zero-order valence-corrected chi connectivity index (χ0v) is 10.4. The highest BCUT2D eigenvalue weighted by Crippen LogP contribution is 2.37. The largest absolute Gasteiger partial charge is 0.485 e. The van der Waals surface area contributed by atoms with Gasteiger partial charge < -0.3 is 4.74 Å². The molecule has 0 saturated heterocycles. The van der Waals surface area contributed by atoms with E-state index in [4.69, 9.17) is 4.74 Å². The maximum absolute atomic E-state index is 13.5. The van der Waals surface area contributed by atoms with Crippen molar-refractivity contribution >= 4 is 0 Å². The third-order valence-electron chi connectivity index (χ3n) is 2.66. The first kappa shape index (κ1) is 15.2. The van der Waals surface area contributed by atoms with E-state index in [1.54, 1.807) is 30.3 Å². The van der Waals surface area contributed by atoms with Gasteiger partial charge in [0.1, 0.15) is 12.2 Å². The zero-order chi connectivity index (χ0) is 15.6. The number of rotatable bonds is 4. The summed E-state index contributed by atoms with van der Waals surface area (Å²) in [4.78, 5) is 0. The Bertz CT molecular complexity index is 638. The average molecular weight is 303 g/mol. The molecule has 2 aromatic carbocycles. The maximum Gasteiger partial charge on any atom is 0.412 e. The van der Waals surface area contributed by atoms with Gasteiger partial charge in [-0.1, -0.05) is 30.3 Å². The van der Waals surface area contributed by atoms with E-state index >= 15 is 0 Å². The molecule has 111 valence electrons. The van der Waals surface area contributed by atoms with Gasteiger partial charge in [0.2, 0.25) is 5.82 Å². The van der Waals surface area contributed by atoms with E-state index in [1.807, 2.05) is 0 Å². The van der Waals surface area contributed by atoms with Crippen molar-refractivity contribution in [2.45, 2.75) is 12.7 Å². The number of ether oxygens (including phenoxy) is 1. The molecule has 0 fully saturated rings. The first-order valence-electron chi connectivity index (χ1n) is 5.73. The molecule has 0 aliphatic carbocycles. The van der Waals surface area contributed by atoms with Crippen molar-refractivity contribution in [1.29, 1.82) is 0 Å². The Labute approximate surface area is 116 Å². The number of alkyl halides is 2. The van der Waals surface area contributed by atoms with E-state index in [0.29, 0.717) is 5.56 Å². The van der Waals surface area contributed by atoms with Crippen LogP contribution in [0.15, 0.2) is 36.4 Å². The van der Waals surface area contributed by atoms with E-state index in [0.717, 1.165) is 0 Å². The Kier molecular flexibility index (Phi) is 4.13. The van der Waals surface area contributed by atoms with Crippen LogP contribution in [-0.4, -0.2) is 0 Å². The van der Waals surface area contributed by atoms with Gasteiger partial charge in [-0.3, -0.25) is 0 Å². The molecule has 2 rings (SSSR count). The highest BCUT2D eigenvalue weighted by molar-refractivity contribution is 5.38. The highest BCUT2D eigenvalue weighted by Gasteiger charge is 2.38. The zero-order valence-electron chi connectivity index (χ0n) is 10.4. The number of benzene rings is 2. The van der Waals surface area contributed by atoms with Crippen LogP contribution in [0.4, 0.5) is 22.0 Å². The Morgan fingerprint density at radius 3 is 2.19 bits per heavy atom. The van der Waals surface area contributed by atoms with Crippen LogP contribution >= 0.6 is 0 Å². The van der Waals surface area contributed by atoms with Crippen LogP contribution in [0, 0.1) is 17.5 Å². The van der Waals surface area contributed by atoms with Gasteiger partial charge in [-0.2, -0.15) is 18.3 Å². The molecule has 0 amide bonds. The van der Waals surface area contributed by atoms with Crippen LogP contribution in [0.5, 0.6) is 5.75 Å². The van der Waals surface area contributed by atoms with Crippen molar-refractivity contribution < 1.29 is 31.8 Å². The molecule has 0 unspecified atom stereocenters. The number of hydrogen-bond acceptors (Lipinski definition) is 1. The lowest BCUT2D eigenvalue weighted by atomic mass is 10.1. The number of halogens is 5. The predicted octanol–water partition coefficient (Wildman–Crippen LogP) is 4.16. The molecule has 0 heterocycles. The fraction of sp³-hybridized carbons (Fsp3) is 0.143. The van der Waals surface area contributed by atoms with E-state index in [-0.39, 0.29) is 12.7 Å². The molecule has 0 aliphatic heterocycles. The second kappa shape index (κ2) is 5.69. The lowest BCUT2D eigenvalue weighted by Gasteiger charge is -2.15. The smallest absolute Gasteiger partial charge is 0.412 e. The molecule has 0 aliphatic rings. The van der Waals surface area contributed by atoms with Gasteiger partial charge in [0.15, 0.2) is 17.4 Å². The molecule has 2 nitrogen and oxygen atoms in total. The average Bonchev–Trinajstić information content (AvgIpc) is 2.43. The SMILES string of the molecule is [O]C(F)(F)c1cc(F)c(F)c(F)c1OCc1ccccc1. The molecule has 7 heteroatoms. The minimum absolute atomic E-state index is 0.0638. The minimum atomic E-state index is -4.82. The second-order valence-electron chi connectivity index (χ2n) is 4.15. The van der Waals surface area contributed by atoms with Gasteiger partial charge in [-0.05, 0) is 11.6 Å². The van der Waals surface area contributed by atoms with Crippen LogP contribution in [0.3, 0.4) is 0 Å². The summed E-state index contributed by atoms with van der Waals surface area (Å²) in [6.07, 6.45) is -4.82. The Balaban J connectivity index is 2.39. The molecular formula is C14H8F5O2. The van der Waals surface area contributed by atoms with E-state index < -0.39 is 34.9 Å². The fourth-order valence-corrected chi connectivity index (χ4v) is 1.67. The normalized spacial score (nSPS) is 11.5. The molecule has 0 saturated carbocycles. The lowest BCUT2D eigenvalue weighted by Crippen LogP contribution is -2.15. The Morgan fingerprint density at radius 2 is 1.62 bits per heavy atom. The minimum Gasteiger partial charge on any atom is -0.485 e. The third kappa shape index (κ3) is 3.30. The predicted molar refractivity (Wildman–Crippen MR) is 61.7 cm³/mol. The van der Waals surface area contributed by atoms with Crippen LogP contribution in [-0.2, 0) is 17.8 Å². The van der Waals surface area contributed by atoms with E-state index in [9.17, 15) is 27.1 Å². The van der Waals surface area contributed by atoms with Crippen molar-refractivity contribution in [3.8, 4) is 5.75 Å². The van der Waals surface area contributed by atoms with Crippen molar-refractivity contribution in [1.82, 2.24) is 0 Å². The van der Waals surface area contributed by atoms with Crippen molar-refractivity contribution in [3.63, 3.8) is 0 Å². The van der Waals surface area contributed by atoms with Gasteiger partial charge in [-0.15, -0.1) is 0 Å². The molecule has 21 heavy (non-hydrogen) atoms. The van der Waals surface area contributed by atoms with E-state index in [2.05, 4.69) is 0 Å². The maximum atomic E-state index is 13.5. The fourth-order valence-electron chi connectivity index (χ4n) is 1.67. The monoisotopic (exact) mass is 303 g/mol. The third-order valence-corrected chi connectivity index (χ3v) is 2.66. The summed E-state index contributed by atoms with van der Waals surface area (Å²) in [6, 6.07) is 7.94. The van der Waals surface area contributed by atoms with E-state index in [1.165, 1.54) is 0 Å². The summed E-state index contributed by atoms with van der Waals surface area (Å²) in [5.41, 5.74) is -1.11. The quantitative estimate of drug-likeness (QED) is 0.616. The first-order chi connectivity index (χ1) is 9.80. The molecule has 0 spiro atoms. The molecule has 0 aromatic heterocycles. The summed E-state index contributed by atoms with van der Waals surface area (Å²) in [6.45, 7) is -0.383. The topological polar surface area (TPSA) is 29.1 Å². The first-order valence-corrected chi connectivity index (χ1v) is 5.73. The van der Waals surface area contributed by atoms with Crippen LogP contribution in [0.25, 0.3) is 0 Å². The molecule has 2 aromatic rings. The molecule has 0 bridgehead atoms. The van der Waals surface area contributed by atoms with Crippen LogP contribution < -0.4 is 4.74 Å². The van der Waals surface area contributed by atoms with Crippen molar-refractivity contribution in [2.24, 2.45) is 0 Å². The molecule has 1 radical (unpaired) electrons. The summed E-state index contributed by atoms with van der Waals surface area (Å²) < 4.78 is 70.1. The number of hydrogen-bond donors (Lipinski definition) is 0. The van der Waals surface area contributed by atoms with Gasteiger partial charge in [0, 0.05) is 0 Å². The summed E-state index contributed by atoms with van der Waals surface area (Å²) in [7, 11) is 0. The van der Waals surface area contributed by atoms with Crippen molar-refractivity contribution in [2.75, 3.05) is 0 Å². The molecule has 0 N–H and O–H groups in total. The van der Waals surface area contributed by atoms with Gasteiger partial charge in [0.05, 0.1) is 0 Å². The van der Waals surface area contributed by atoms with Gasteiger partial charge in [0.25, 0.3) is 0 Å². The summed E-state index contributed by atoms with van der Waals surface area (Å²) >= 11 is 0. The summed E-state index contributed by atoms with van der Waals surface area (Å²) in [5.74, 6) is -7.12.